The van der Waals surface area contributed by atoms with Gasteiger partial charge in [0, 0.05) is 23.9 Å². The quantitative estimate of drug-likeness (QED) is 0.505. The number of fused-ring (bicyclic) bond motifs is 1. The van der Waals surface area contributed by atoms with Crippen LogP contribution in [0.25, 0.3) is 10.9 Å². The molecule has 36 heavy (non-hydrogen) atoms. The molecular weight excluding hydrogens is 481 g/mol. The Labute approximate surface area is 212 Å². The number of rotatable bonds is 6. The third-order valence-corrected chi connectivity index (χ3v) is 6.69. The number of carbonyl (C=O) groups is 2. The molecule has 9 heteroatoms. The van der Waals surface area contributed by atoms with Crippen molar-refractivity contribution in [2.45, 2.75) is 26.7 Å². The summed E-state index contributed by atoms with van der Waals surface area (Å²) in [6, 6.07) is 13.3. The van der Waals surface area contributed by atoms with Crippen LogP contribution in [0.1, 0.15) is 52.2 Å². The van der Waals surface area contributed by atoms with E-state index in [0.29, 0.717) is 29.9 Å². The first-order valence-corrected chi connectivity index (χ1v) is 11.7. The second-order valence-corrected chi connectivity index (χ2v) is 9.05. The maximum Gasteiger partial charge on any atom is 0.267 e. The predicted octanol–water partition coefficient (Wildman–Crippen LogP) is 4.73. The van der Waals surface area contributed by atoms with Gasteiger partial charge >= 0.3 is 0 Å². The molecule has 0 spiro atoms. The molecule has 0 saturated carbocycles. The fourth-order valence-corrected chi connectivity index (χ4v) is 4.51. The van der Waals surface area contributed by atoms with E-state index >= 15 is 0 Å². The summed E-state index contributed by atoms with van der Waals surface area (Å²) in [5.41, 5.74) is 9.24. The average Bonchev–Trinajstić information content (AvgIpc) is 2.86. The first-order chi connectivity index (χ1) is 17.2. The number of dihydropyridines is 1. The maximum atomic E-state index is 14.0. The van der Waals surface area contributed by atoms with Crippen LogP contribution in [-0.4, -0.2) is 29.1 Å². The summed E-state index contributed by atoms with van der Waals surface area (Å²) >= 11 is 5.96. The topological polar surface area (TPSA) is 121 Å². The van der Waals surface area contributed by atoms with E-state index in [2.05, 4.69) is 21.4 Å². The second-order valence-electron chi connectivity index (χ2n) is 8.65. The number of hydrogen-bond donors (Lipinski definition) is 2. The standard InChI is InChI=1S/C27H23ClFN5O2/c1-14-18(8-7-16-5-3-4-6-17(16)12-30)13-32-15(2)25(14)34-27(36)20-10-24(26(31)35)33-23-11-22(29)21(28)9-19(20)23/h3-6,9-11,18H,7-8,13H2,1-2H3,(H2,31,35)(H,34,36). The van der Waals surface area contributed by atoms with Crippen molar-refractivity contribution in [2.75, 3.05) is 6.54 Å². The van der Waals surface area contributed by atoms with Gasteiger partial charge in [-0.1, -0.05) is 29.8 Å². The van der Waals surface area contributed by atoms with E-state index in [4.69, 9.17) is 17.3 Å². The third kappa shape index (κ3) is 4.97. The summed E-state index contributed by atoms with van der Waals surface area (Å²) in [5, 5.41) is 12.4. The molecule has 2 heterocycles. The van der Waals surface area contributed by atoms with Gasteiger partial charge in [0.1, 0.15) is 11.5 Å². The summed E-state index contributed by atoms with van der Waals surface area (Å²) in [6.07, 6.45) is 1.45. The Morgan fingerprint density at radius 1 is 1.25 bits per heavy atom. The lowest BCUT2D eigenvalue weighted by Crippen LogP contribution is -2.32. The van der Waals surface area contributed by atoms with Crippen molar-refractivity contribution in [3.05, 3.63) is 87.0 Å². The van der Waals surface area contributed by atoms with Gasteiger partial charge in [0.25, 0.3) is 11.8 Å². The van der Waals surface area contributed by atoms with Crippen LogP contribution in [0.15, 0.2) is 58.7 Å². The van der Waals surface area contributed by atoms with E-state index in [1.165, 1.54) is 12.1 Å². The van der Waals surface area contributed by atoms with Gasteiger partial charge in [-0.3, -0.25) is 14.6 Å². The van der Waals surface area contributed by atoms with Crippen LogP contribution >= 0.6 is 11.6 Å². The highest BCUT2D eigenvalue weighted by Crippen LogP contribution is 2.28. The zero-order valence-electron chi connectivity index (χ0n) is 19.7. The van der Waals surface area contributed by atoms with Crippen molar-refractivity contribution < 1.29 is 14.0 Å². The van der Waals surface area contributed by atoms with E-state index in [-0.39, 0.29) is 33.1 Å². The fraction of sp³-hybridized carbons (Fsp3) is 0.222. The fourth-order valence-electron chi connectivity index (χ4n) is 4.34. The van der Waals surface area contributed by atoms with Gasteiger partial charge in [-0.05, 0) is 56.0 Å². The summed E-state index contributed by atoms with van der Waals surface area (Å²) < 4.78 is 14.0. The lowest BCUT2D eigenvalue weighted by atomic mass is 9.88. The lowest BCUT2D eigenvalue weighted by molar-refractivity contribution is 0.0968. The van der Waals surface area contributed by atoms with Crippen LogP contribution < -0.4 is 11.1 Å². The van der Waals surface area contributed by atoms with Gasteiger partial charge in [-0.25, -0.2) is 9.37 Å². The molecule has 1 aliphatic heterocycles. The number of allylic oxidation sites excluding steroid dienone is 1. The van der Waals surface area contributed by atoms with Crippen LogP contribution in [0.2, 0.25) is 5.02 Å². The monoisotopic (exact) mass is 503 g/mol. The molecule has 3 aromatic rings. The summed E-state index contributed by atoms with van der Waals surface area (Å²) in [7, 11) is 0. The molecule has 3 N–H and O–H groups in total. The number of benzene rings is 2. The zero-order chi connectivity index (χ0) is 26.0. The minimum absolute atomic E-state index is 0.0645. The smallest absolute Gasteiger partial charge is 0.267 e. The van der Waals surface area contributed by atoms with Crippen LogP contribution in [-0.2, 0) is 6.42 Å². The highest BCUT2D eigenvalue weighted by Gasteiger charge is 2.24. The number of halogens is 2. The number of aryl methyl sites for hydroxylation is 1. The molecule has 2 aromatic carbocycles. The molecule has 0 bridgehead atoms. The molecule has 2 amide bonds. The molecule has 1 aromatic heterocycles. The number of primary amides is 1. The Morgan fingerprint density at radius 3 is 2.72 bits per heavy atom. The number of nitrogens with zero attached hydrogens (tertiary/aromatic N) is 3. The molecule has 1 unspecified atom stereocenters. The number of carbonyl (C=O) groups excluding carboxylic acids is 2. The van der Waals surface area contributed by atoms with E-state index in [1.807, 2.05) is 32.0 Å². The van der Waals surface area contributed by atoms with E-state index < -0.39 is 17.6 Å². The Kier molecular flexibility index (Phi) is 7.13. The molecule has 4 rings (SSSR count). The van der Waals surface area contributed by atoms with E-state index in [0.717, 1.165) is 23.6 Å². The van der Waals surface area contributed by atoms with Crippen molar-refractivity contribution >= 4 is 40.0 Å². The van der Waals surface area contributed by atoms with Gasteiger partial charge in [0.05, 0.1) is 39.1 Å². The molecule has 0 radical (unpaired) electrons. The van der Waals surface area contributed by atoms with Crippen molar-refractivity contribution in [1.29, 1.82) is 5.26 Å². The van der Waals surface area contributed by atoms with Crippen LogP contribution in [0.4, 0.5) is 4.39 Å². The van der Waals surface area contributed by atoms with Gasteiger partial charge < -0.3 is 11.1 Å². The predicted molar refractivity (Wildman–Crippen MR) is 136 cm³/mol. The highest BCUT2D eigenvalue weighted by molar-refractivity contribution is 6.31. The Bertz CT molecular complexity index is 1510. The van der Waals surface area contributed by atoms with E-state index in [9.17, 15) is 19.2 Å². The van der Waals surface area contributed by atoms with Gasteiger partial charge in [-0.15, -0.1) is 0 Å². The minimum Gasteiger partial charge on any atom is -0.364 e. The number of nitrogens with one attached hydrogen (secondary N) is 1. The van der Waals surface area contributed by atoms with Crippen molar-refractivity contribution in [2.24, 2.45) is 16.6 Å². The van der Waals surface area contributed by atoms with Crippen LogP contribution in [0, 0.1) is 23.1 Å². The van der Waals surface area contributed by atoms with E-state index in [1.54, 1.807) is 6.07 Å². The molecule has 7 nitrogen and oxygen atoms in total. The average molecular weight is 504 g/mol. The lowest BCUT2D eigenvalue weighted by Gasteiger charge is -2.25. The molecular formula is C27H23ClFN5O2. The normalized spacial score (nSPS) is 15.4. The molecule has 0 fully saturated rings. The van der Waals surface area contributed by atoms with Crippen molar-refractivity contribution in [1.82, 2.24) is 10.3 Å². The number of pyridine rings is 1. The molecule has 1 atom stereocenters. The van der Waals surface area contributed by atoms with Gasteiger partial charge in [-0.2, -0.15) is 5.26 Å². The first-order valence-electron chi connectivity index (χ1n) is 11.3. The van der Waals surface area contributed by atoms with Crippen LogP contribution in [0.5, 0.6) is 0 Å². The molecule has 0 saturated heterocycles. The number of aliphatic imine (C=N–C) groups is 1. The summed E-state index contributed by atoms with van der Waals surface area (Å²) in [5.74, 6) is -2.02. The van der Waals surface area contributed by atoms with Crippen molar-refractivity contribution in [3.63, 3.8) is 0 Å². The van der Waals surface area contributed by atoms with Crippen molar-refractivity contribution in [3.8, 4) is 6.07 Å². The van der Waals surface area contributed by atoms with Crippen LogP contribution in [0.3, 0.4) is 0 Å². The number of aromatic nitrogens is 1. The number of nitrogens with two attached hydrogens (primary N) is 1. The molecule has 0 aliphatic carbocycles. The third-order valence-electron chi connectivity index (χ3n) is 6.40. The summed E-state index contributed by atoms with van der Waals surface area (Å²) in [4.78, 5) is 33.9. The first kappa shape index (κ1) is 25.0. The van der Waals surface area contributed by atoms with Gasteiger partial charge in [0.15, 0.2) is 0 Å². The Balaban J connectivity index is 1.65. The number of amides is 2. The largest absolute Gasteiger partial charge is 0.364 e. The Morgan fingerprint density at radius 2 is 2.00 bits per heavy atom. The SMILES string of the molecule is CC1=NCC(CCc2ccccc2C#N)C(C)=C1NC(=O)c1cc(C(N)=O)nc2cc(F)c(Cl)cc12. The molecule has 182 valence electrons. The molecule has 1 aliphatic rings. The Hall–Kier alpha value is -4.09. The number of hydrogen-bond acceptors (Lipinski definition) is 5. The second kappa shape index (κ2) is 10.3. The minimum atomic E-state index is -0.843. The van der Waals surface area contributed by atoms with Gasteiger partial charge in [0.2, 0.25) is 0 Å². The summed E-state index contributed by atoms with van der Waals surface area (Å²) in [6.45, 7) is 4.33. The highest BCUT2D eigenvalue weighted by atomic mass is 35.5. The number of nitriles is 1. The maximum absolute atomic E-state index is 14.0. The zero-order valence-corrected chi connectivity index (χ0v) is 20.5.